The summed E-state index contributed by atoms with van der Waals surface area (Å²) in [5.41, 5.74) is -0.619. The summed E-state index contributed by atoms with van der Waals surface area (Å²) in [7, 11) is 0. The SMILES string of the molecule is CC(C)(C)N(CC(=O)O)C(=O)c1ccncc1O. The van der Waals surface area contributed by atoms with Gasteiger partial charge in [-0.05, 0) is 26.8 Å². The number of pyridine rings is 1. The van der Waals surface area contributed by atoms with Crippen molar-refractivity contribution < 1.29 is 19.8 Å². The van der Waals surface area contributed by atoms with Gasteiger partial charge in [-0.3, -0.25) is 14.6 Å². The van der Waals surface area contributed by atoms with Gasteiger partial charge in [0.15, 0.2) is 0 Å². The minimum Gasteiger partial charge on any atom is -0.505 e. The van der Waals surface area contributed by atoms with Crippen LogP contribution in [0.4, 0.5) is 0 Å². The number of carbonyl (C=O) groups excluding carboxylic acids is 1. The molecule has 0 atom stereocenters. The highest BCUT2D eigenvalue weighted by atomic mass is 16.4. The van der Waals surface area contributed by atoms with Crippen molar-refractivity contribution in [2.45, 2.75) is 26.3 Å². The van der Waals surface area contributed by atoms with Gasteiger partial charge >= 0.3 is 5.97 Å². The number of rotatable bonds is 3. The Hall–Kier alpha value is -2.11. The van der Waals surface area contributed by atoms with Gasteiger partial charge in [0, 0.05) is 11.7 Å². The lowest BCUT2D eigenvalue weighted by Gasteiger charge is -2.34. The second-order valence-electron chi connectivity index (χ2n) is 4.85. The second-order valence-corrected chi connectivity index (χ2v) is 4.85. The zero-order valence-corrected chi connectivity index (χ0v) is 10.5. The fourth-order valence-corrected chi connectivity index (χ4v) is 1.46. The Morgan fingerprint density at radius 3 is 2.44 bits per heavy atom. The standard InChI is InChI=1S/C12H16N2O4/c1-12(2,3)14(7-10(16)17)11(18)8-4-5-13-6-9(8)15/h4-6,15H,7H2,1-3H3,(H,16,17). The highest BCUT2D eigenvalue weighted by molar-refractivity contribution is 5.98. The van der Waals surface area contributed by atoms with Crippen molar-refractivity contribution in [3.8, 4) is 5.75 Å². The van der Waals surface area contributed by atoms with Crippen LogP contribution in [-0.2, 0) is 4.79 Å². The summed E-state index contributed by atoms with van der Waals surface area (Å²) in [6, 6.07) is 1.36. The molecule has 0 spiro atoms. The van der Waals surface area contributed by atoms with Gasteiger partial charge in [0.1, 0.15) is 12.3 Å². The number of nitrogens with zero attached hydrogens (tertiary/aromatic N) is 2. The van der Waals surface area contributed by atoms with Crippen LogP contribution in [0.2, 0.25) is 0 Å². The van der Waals surface area contributed by atoms with Crippen LogP contribution in [0.3, 0.4) is 0 Å². The molecule has 1 aromatic rings. The van der Waals surface area contributed by atoms with Crippen molar-refractivity contribution in [1.29, 1.82) is 0 Å². The molecule has 0 unspecified atom stereocenters. The predicted octanol–water partition coefficient (Wildman–Crippen LogP) is 1.11. The van der Waals surface area contributed by atoms with E-state index in [2.05, 4.69) is 4.98 Å². The maximum absolute atomic E-state index is 12.2. The van der Waals surface area contributed by atoms with E-state index < -0.39 is 24.0 Å². The van der Waals surface area contributed by atoms with Crippen molar-refractivity contribution in [2.24, 2.45) is 0 Å². The average molecular weight is 252 g/mol. The van der Waals surface area contributed by atoms with Gasteiger partial charge < -0.3 is 15.1 Å². The molecule has 2 N–H and O–H groups in total. The Kier molecular flexibility index (Phi) is 3.90. The Bertz CT molecular complexity index is 465. The molecule has 0 aliphatic heterocycles. The lowest BCUT2D eigenvalue weighted by molar-refractivity contribution is -0.138. The molecule has 1 amide bonds. The smallest absolute Gasteiger partial charge is 0.323 e. The normalized spacial score (nSPS) is 11.1. The van der Waals surface area contributed by atoms with Crippen LogP contribution in [0.15, 0.2) is 18.5 Å². The molecule has 1 heterocycles. The summed E-state index contributed by atoms with van der Waals surface area (Å²) < 4.78 is 0. The molecular weight excluding hydrogens is 236 g/mol. The molecule has 0 aliphatic carbocycles. The molecule has 0 aromatic carbocycles. The van der Waals surface area contributed by atoms with Crippen LogP contribution in [0.1, 0.15) is 31.1 Å². The third-order valence-corrected chi connectivity index (χ3v) is 2.38. The molecular formula is C12H16N2O4. The lowest BCUT2D eigenvalue weighted by Crippen LogP contribution is -2.48. The van der Waals surface area contributed by atoms with Crippen LogP contribution in [-0.4, -0.2) is 44.1 Å². The summed E-state index contributed by atoms with van der Waals surface area (Å²) in [6.45, 7) is 4.76. The highest BCUT2D eigenvalue weighted by Crippen LogP contribution is 2.21. The molecule has 98 valence electrons. The van der Waals surface area contributed by atoms with Crippen molar-refractivity contribution in [3.05, 3.63) is 24.0 Å². The molecule has 0 fully saturated rings. The highest BCUT2D eigenvalue weighted by Gasteiger charge is 2.30. The van der Waals surface area contributed by atoms with Gasteiger partial charge in [0.2, 0.25) is 0 Å². The zero-order chi connectivity index (χ0) is 13.9. The molecule has 0 saturated heterocycles. The van der Waals surface area contributed by atoms with E-state index in [0.29, 0.717) is 0 Å². The van der Waals surface area contributed by atoms with Gasteiger partial charge in [-0.15, -0.1) is 0 Å². The van der Waals surface area contributed by atoms with Gasteiger partial charge in [-0.1, -0.05) is 0 Å². The third kappa shape index (κ3) is 3.19. The Labute approximate surface area is 105 Å². The number of carbonyl (C=O) groups is 2. The summed E-state index contributed by atoms with van der Waals surface area (Å²) in [6.07, 6.45) is 2.52. The minimum absolute atomic E-state index is 0.0428. The molecule has 0 radical (unpaired) electrons. The first-order valence-electron chi connectivity index (χ1n) is 5.40. The van der Waals surface area contributed by atoms with Gasteiger partial charge in [0.25, 0.3) is 5.91 Å². The zero-order valence-electron chi connectivity index (χ0n) is 10.5. The summed E-state index contributed by atoms with van der Waals surface area (Å²) in [5, 5.41) is 18.4. The predicted molar refractivity (Wildman–Crippen MR) is 64.3 cm³/mol. The van der Waals surface area contributed by atoms with E-state index in [1.54, 1.807) is 20.8 Å². The molecule has 6 heteroatoms. The fourth-order valence-electron chi connectivity index (χ4n) is 1.46. The van der Waals surface area contributed by atoms with Crippen molar-refractivity contribution in [2.75, 3.05) is 6.54 Å². The van der Waals surface area contributed by atoms with Crippen molar-refractivity contribution in [3.63, 3.8) is 0 Å². The van der Waals surface area contributed by atoms with Crippen LogP contribution >= 0.6 is 0 Å². The van der Waals surface area contributed by atoms with Gasteiger partial charge in [-0.2, -0.15) is 0 Å². The Morgan fingerprint density at radius 2 is 2.00 bits per heavy atom. The molecule has 1 rings (SSSR count). The lowest BCUT2D eigenvalue weighted by atomic mass is 10.0. The molecule has 0 bridgehead atoms. The number of hydrogen-bond donors (Lipinski definition) is 2. The molecule has 0 saturated carbocycles. The average Bonchev–Trinajstić information content (AvgIpc) is 2.24. The quantitative estimate of drug-likeness (QED) is 0.841. The minimum atomic E-state index is -1.10. The molecule has 1 aromatic heterocycles. The summed E-state index contributed by atoms with van der Waals surface area (Å²) >= 11 is 0. The number of carboxylic acids is 1. The van der Waals surface area contributed by atoms with E-state index in [-0.39, 0.29) is 11.3 Å². The first-order chi connectivity index (χ1) is 8.23. The monoisotopic (exact) mass is 252 g/mol. The van der Waals surface area contributed by atoms with Gasteiger partial charge in [0.05, 0.1) is 11.8 Å². The van der Waals surface area contributed by atoms with Crippen LogP contribution in [0.5, 0.6) is 5.75 Å². The van der Waals surface area contributed by atoms with E-state index in [4.69, 9.17) is 5.11 Å². The van der Waals surface area contributed by atoms with Crippen LogP contribution in [0.25, 0.3) is 0 Å². The number of aromatic nitrogens is 1. The Morgan fingerprint density at radius 1 is 1.39 bits per heavy atom. The topological polar surface area (TPSA) is 90.7 Å². The fraction of sp³-hybridized carbons (Fsp3) is 0.417. The maximum Gasteiger partial charge on any atom is 0.323 e. The largest absolute Gasteiger partial charge is 0.505 e. The maximum atomic E-state index is 12.2. The van der Waals surface area contributed by atoms with E-state index in [9.17, 15) is 14.7 Å². The Balaban J connectivity index is 3.11. The van der Waals surface area contributed by atoms with E-state index in [0.717, 1.165) is 6.20 Å². The van der Waals surface area contributed by atoms with Gasteiger partial charge in [-0.25, -0.2) is 0 Å². The van der Waals surface area contributed by atoms with E-state index >= 15 is 0 Å². The number of hydrogen-bond acceptors (Lipinski definition) is 4. The summed E-state index contributed by atoms with van der Waals surface area (Å²) in [4.78, 5) is 27.9. The van der Waals surface area contributed by atoms with E-state index in [1.807, 2.05) is 0 Å². The molecule has 6 nitrogen and oxygen atoms in total. The first kappa shape index (κ1) is 14.0. The third-order valence-electron chi connectivity index (χ3n) is 2.38. The first-order valence-corrected chi connectivity index (χ1v) is 5.40. The number of carboxylic acid groups (broad SMARTS) is 1. The van der Waals surface area contributed by atoms with Crippen LogP contribution in [0, 0.1) is 0 Å². The number of amides is 1. The molecule has 0 aliphatic rings. The van der Waals surface area contributed by atoms with E-state index in [1.165, 1.54) is 17.2 Å². The van der Waals surface area contributed by atoms with Crippen molar-refractivity contribution >= 4 is 11.9 Å². The number of aromatic hydroxyl groups is 1. The van der Waals surface area contributed by atoms with Crippen LogP contribution < -0.4 is 0 Å². The molecule has 18 heavy (non-hydrogen) atoms. The number of aliphatic carboxylic acids is 1. The second kappa shape index (κ2) is 5.03. The summed E-state index contributed by atoms with van der Waals surface area (Å²) in [5.74, 6) is -1.90. The van der Waals surface area contributed by atoms with Crippen molar-refractivity contribution in [1.82, 2.24) is 9.88 Å².